The minimum Gasteiger partial charge on any atom is -0.492 e. The molecule has 0 atom stereocenters. The monoisotopic (exact) mass is 500 g/mol. The predicted octanol–water partition coefficient (Wildman–Crippen LogP) is 2.48. The number of carbonyl (C=O) groups excluding carboxylic acids is 1. The number of hydrogen-bond acceptors (Lipinski definition) is 4. The van der Waals surface area contributed by atoms with Gasteiger partial charge in [-0.3, -0.25) is 14.5 Å². The first-order chi connectivity index (χ1) is 13.2. The van der Waals surface area contributed by atoms with Crippen LogP contribution in [0.15, 0.2) is 47.7 Å². The lowest BCUT2D eigenvalue weighted by Gasteiger charge is -2.12. The number of carbonyl (C=O) groups is 1. The average molecular weight is 500 g/mol. The number of nitrogens with zero attached hydrogens (tertiary/aromatic N) is 3. The summed E-state index contributed by atoms with van der Waals surface area (Å²) < 4.78 is 7.62. The zero-order valence-corrected chi connectivity index (χ0v) is 18.7. The summed E-state index contributed by atoms with van der Waals surface area (Å²) in [6.45, 7) is 6.98. The molecule has 1 heterocycles. The van der Waals surface area contributed by atoms with Gasteiger partial charge in [0, 0.05) is 50.7 Å². The Hall–Kier alpha value is -2.30. The van der Waals surface area contributed by atoms with Crippen LogP contribution in [0.1, 0.15) is 20.3 Å². The minimum absolute atomic E-state index is 0. The van der Waals surface area contributed by atoms with Gasteiger partial charge in [-0.25, -0.2) is 0 Å². The molecule has 0 fully saturated rings. The second kappa shape index (κ2) is 13.8. The number of guanidine groups is 1. The first-order valence-electron chi connectivity index (χ1n) is 9.17. The van der Waals surface area contributed by atoms with Gasteiger partial charge in [-0.2, -0.15) is 5.10 Å². The van der Waals surface area contributed by atoms with E-state index in [0.717, 1.165) is 37.7 Å². The SMILES string of the molecule is CCNC(=NCCCn1cccn1)NCCOc1cccc(NC(C)=O)c1.I. The fourth-order valence-corrected chi connectivity index (χ4v) is 2.40. The van der Waals surface area contributed by atoms with Gasteiger partial charge in [0.2, 0.25) is 5.91 Å². The molecule has 3 N–H and O–H groups in total. The molecule has 0 spiro atoms. The largest absolute Gasteiger partial charge is 0.492 e. The van der Waals surface area contributed by atoms with Gasteiger partial charge in [0.05, 0.1) is 6.54 Å². The van der Waals surface area contributed by atoms with Crippen LogP contribution < -0.4 is 20.7 Å². The fourth-order valence-electron chi connectivity index (χ4n) is 2.40. The van der Waals surface area contributed by atoms with Crippen molar-refractivity contribution in [2.45, 2.75) is 26.8 Å². The Balaban J connectivity index is 0.00000392. The molecule has 0 radical (unpaired) electrons. The molecule has 0 aliphatic rings. The van der Waals surface area contributed by atoms with Gasteiger partial charge in [-0.1, -0.05) is 6.07 Å². The van der Waals surface area contributed by atoms with Crippen molar-refractivity contribution in [3.8, 4) is 5.75 Å². The summed E-state index contributed by atoms with van der Waals surface area (Å²) in [5, 5.41) is 13.4. The van der Waals surface area contributed by atoms with E-state index in [-0.39, 0.29) is 29.9 Å². The van der Waals surface area contributed by atoms with Crippen LogP contribution in [0.2, 0.25) is 0 Å². The summed E-state index contributed by atoms with van der Waals surface area (Å²) >= 11 is 0. The van der Waals surface area contributed by atoms with Crippen molar-refractivity contribution < 1.29 is 9.53 Å². The number of rotatable bonds is 10. The number of aryl methyl sites for hydroxylation is 1. The Labute approximate surface area is 183 Å². The lowest BCUT2D eigenvalue weighted by molar-refractivity contribution is -0.114. The second-order valence-corrected chi connectivity index (χ2v) is 5.87. The van der Waals surface area contributed by atoms with E-state index in [1.165, 1.54) is 6.92 Å². The molecule has 0 saturated heterocycles. The summed E-state index contributed by atoms with van der Waals surface area (Å²) in [5.41, 5.74) is 0.722. The Morgan fingerprint density at radius 2 is 2.14 bits per heavy atom. The van der Waals surface area contributed by atoms with E-state index in [1.54, 1.807) is 12.3 Å². The number of hydrogen-bond donors (Lipinski definition) is 3. The molecule has 0 aliphatic heterocycles. The maximum atomic E-state index is 11.1. The molecule has 1 amide bonds. The smallest absolute Gasteiger partial charge is 0.221 e. The molecule has 0 saturated carbocycles. The van der Waals surface area contributed by atoms with E-state index < -0.39 is 0 Å². The quantitative estimate of drug-likeness (QED) is 0.202. The maximum absolute atomic E-state index is 11.1. The maximum Gasteiger partial charge on any atom is 0.221 e. The molecule has 9 heteroatoms. The van der Waals surface area contributed by atoms with Crippen LogP contribution in [0.3, 0.4) is 0 Å². The van der Waals surface area contributed by atoms with Crippen LogP contribution in [0.5, 0.6) is 5.75 Å². The van der Waals surface area contributed by atoms with Gasteiger partial charge in [0.15, 0.2) is 5.96 Å². The lowest BCUT2D eigenvalue weighted by atomic mass is 10.3. The van der Waals surface area contributed by atoms with Crippen molar-refractivity contribution in [3.05, 3.63) is 42.7 Å². The van der Waals surface area contributed by atoms with Crippen LogP contribution in [0.25, 0.3) is 0 Å². The van der Waals surface area contributed by atoms with Gasteiger partial charge in [-0.05, 0) is 31.5 Å². The molecule has 28 heavy (non-hydrogen) atoms. The molecular formula is C19H29IN6O2. The zero-order valence-electron chi connectivity index (χ0n) is 16.4. The second-order valence-electron chi connectivity index (χ2n) is 5.87. The molecule has 0 unspecified atom stereocenters. The van der Waals surface area contributed by atoms with Crippen molar-refractivity contribution in [1.82, 2.24) is 20.4 Å². The standard InChI is InChI=1S/C19H28N6O2.HI/c1-3-20-19(21-9-5-12-25-13-6-10-23-25)22-11-14-27-18-8-4-7-17(15-18)24-16(2)26;/h4,6-8,10,13,15H,3,5,9,11-12,14H2,1-2H3,(H,24,26)(H2,20,21,22);1H. The van der Waals surface area contributed by atoms with E-state index in [9.17, 15) is 4.79 Å². The van der Waals surface area contributed by atoms with Gasteiger partial charge >= 0.3 is 0 Å². The van der Waals surface area contributed by atoms with Crippen LogP contribution >= 0.6 is 24.0 Å². The molecule has 2 rings (SSSR count). The highest BCUT2D eigenvalue weighted by molar-refractivity contribution is 14.0. The van der Waals surface area contributed by atoms with E-state index in [1.807, 2.05) is 42.1 Å². The molecule has 0 bridgehead atoms. The molecule has 154 valence electrons. The number of ether oxygens (including phenoxy) is 1. The summed E-state index contributed by atoms with van der Waals surface area (Å²) in [6, 6.07) is 9.25. The number of anilines is 1. The predicted molar refractivity (Wildman–Crippen MR) is 122 cm³/mol. The van der Waals surface area contributed by atoms with Crippen LogP contribution in [-0.2, 0) is 11.3 Å². The molecule has 1 aromatic carbocycles. The van der Waals surface area contributed by atoms with Crippen molar-refractivity contribution in [1.29, 1.82) is 0 Å². The van der Waals surface area contributed by atoms with Crippen LogP contribution in [0.4, 0.5) is 5.69 Å². The highest BCUT2D eigenvalue weighted by Crippen LogP contribution is 2.16. The third-order valence-corrected chi connectivity index (χ3v) is 3.54. The highest BCUT2D eigenvalue weighted by atomic mass is 127. The van der Waals surface area contributed by atoms with E-state index in [0.29, 0.717) is 18.9 Å². The Morgan fingerprint density at radius 3 is 2.86 bits per heavy atom. The van der Waals surface area contributed by atoms with Crippen molar-refractivity contribution >= 4 is 41.5 Å². The van der Waals surface area contributed by atoms with Crippen LogP contribution in [-0.4, -0.2) is 47.9 Å². The third-order valence-electron chi connectivity index (χ3n) is 3.54. The van der Waals surface area contributed by atoms with Gasteiger partial charge < -0.3 is 20.7 Å². The Morgan fingerprint density at radius 1 is 1.29 bits per heavy atom. The molecule has 2 aromatic rings. The summed E-state index contributed by atoms with van der Waals surface area (Å²) in [4.78, 5) is 15.7. The summed E-state index contributed by atoms with van der Waals surface area (Å²) in [6.07, 6.45) is 4.65. The number of nitrogens with one attached hydrogen (secondary N) is 3. The Bertz CT molecular complexity index is 721. The lowest BCUT2D eigenvalue weighted by Crippen LogP contribution is -2.39. The van der Waals surface area contributed by atoms with E-state index >= 15 is 0 Å². The normalized spacial score (nSPS) is 10.7. The van der Waals surface area contributed by atoms with E-state index in [4.69, 9.17) is 4.74 Å². The number of amides is 1. The first-order valence-corrected chi connectivity index (χ1v) is 9.17. The topological polar surface area (TPSA) is 92.6 Å². The average Bonchev–Trinajstić information content (AvgIpc) is 3.15. The van der Waals surface area contributed by atoms with E-state index in [2.05, 4.69) is 26.0 Å². The van der Waals surface area contributed by atoms with Crippen molar-refractivity contribution in [3.63, 3.8) is 0 Å². The van der Waals surface area contributed by atoms with Crippen LogP contribution in [0, 0.1) is 0 Å². The number of aromatic nitrogens is 2. The Kier molecular flexibility index (Phi) is 11.7. The highest BCUT2D eigenvalue weighted by Gasteiger charge is 2.00. The first kappa shape index (κ1) is 23.7. The third kappa shape index (κ3) is 9.58. The summed E-state index contributed by atoms with van der Waals surface area (Å²) in [7, 11) is 0. The number of halogens is 1. The molecule has 0 aliphatic carbocycles. The number of aliphatic imine (C=N–C) groups is 1. The van der Waals surface area contributed by atoms with Crippen molar-refractivity contribution in [2.24, 2.45) is 4.99 Å². The number of benzene rings is 1. The zero-order chi connectivity index (χ0) is 19.3. The summed E-state index contributed by atoms with van der Waals surface area (Å²) in [5.74, 6) is 1.38. The molecule has 1 aromatic heterocycles. The van der Waals surface area contributed by atoms with Gasteiger partial charge in [-0.15, -0.1) is 24.0 Å². The van der Waals surface area contributed by atoms with Gasteiger partial charge in [0.25, 0.3) is 0 Å². The van der Waals surface area contributed by atoms with Gasteiger partial charge in [0.1, 0.15) is 12.4 Å². The molecule has 8 nitrogen and oxygen atoms in total. The fraction of sp³-hybridized carbons (Fsp3) is 0.421. The van der Waals surface area contributed by atoms with Crippen molar-refractivity contribution in [2.75, 3.05) is 31.6 Å². The minimum atomic E-state index is -0.104. The molecular weight excluding hydrogens is 471 g/mol.